The number of hydrogen-bond acceptors (Lipinski definition) is 6. The van der Waals surface area contributed by atoms with Crippen LogP contribution in [0.25, 0.3) is 11.1 Å². The van der Waals surface area contributed by atoms with Crippen molar-refractivity contribution < 1.29 is 9.50 Å². The van der Waals surface area contributed by atoms with Gasteiger partial charge < -0.3 is 19.9 Å². The molecule has 1 saturated heterocycles. The minimum absolute atomic E-state index is 0.358. The molecule has 1 atom stereocenters. The first-order valence-corrected chi connectivity index (χ1v) is 11.5. The Bertz CT molecular complexity index is 1340. The van der Waals surface area contributed by atoms with Gasteiger partial charge in [-0.25, -0.2) is 19.4 Å². The zero-order valence-electron chi connectivity index (χ0n) is 19.7. The molecule has 4 heterocycles. The second kappa shape index (κ2) is 9.70. The van der Waals surface area contributed by atoms with E-state index in [2.05, 4.69) is 39.9 Å². The molecular formula is C25H26FN9O. The maximum Gasteiger partial charge on any atom is 0.225 e. The summed E-state index contributed by atoms with van der Waals surface area (Å²) in [4.78, 5) is 20.7. The first-order valence-electron chi connectivity index (χ1n) is 11.5. The summed E-state index contributed by atoms with van der Waals surface area (Å²) in [6.07, 6.45) is 9.74. The summed E-state index contributed by atoms with van der Waals surface area (Å²) in [5.74, 6) is 0.913. The standard InChI is InChI=1S/C25H26FN9O/c1-25(36,19-2-4-21(26)5-3-19)20-14-29-24(30-15-20)35-8-6-34(7-9-35)23(31-16-27)22-10-17(11-28-22)18-12-32-33-13-18/h2-5,10-16,27-28,36H,6-9H2,1H3,(H,32,33)/t25-/m1/s1. The third-order valence-corrected chi connectivity index (χ3v) is 6.41. The number of benzene rings is 1. The van der Waals surface area contributed by atoms with Crippen LogP contribution in [0.15, 0.2) is 66.3 Å². The van der Waals surface area contributed by atoms with E-state index in [0.29, 0.717) is 49.1 Å². The van der Waals surface area contributed by atoms with Crippen LogP contribution in [0.3, 0.4) is 0 Å². The molecule has 4 N–H and O–H groups in total. The van der Waals surface area contributed by atoms with Crippen LogP contribution in [-0.2, 0) is 5.60 Å². The molecule has 11 heteroatoms. The first-order chi connectivity index (χ1) is 17.5. The second-order valence-electron chi connectivity index (χ2n) is 8.70. The number of anilines is 1. The van der Waals surface area contributed by atoms with Crippen LogP contribution in [0.1, 0.15) is 23.7 Å². The summed E-state index contributed by atoms with van der Waals surface area (Å²) in [5, 5.41) is 25.3. The molecule has 0 spiro atoms. The predicted molar refractivity (Wildman–Crippen MR) is 135 cm³/mol. The van der Waals surface area contributed by atoms with Gasteiger partial charge in [0, 0.05) is 67.7 Å². The molecule has 0 unspecified atom stereocenters. The Labute approximate surface area is 207 Å². The van der Waals surface area contributed by atoms with Gasteiger partial charge in [0.05, 0.1) is 11.9 Å². The molecule has 0 bridgehead atoms. The molecule has 0 saturated carbocycles. The fourth-order valence-corrected chi connectivity index (χ4v) is 4.28. The van der Waals surface area contributed by atoms with E-state index in [1.54, 1.807) is 37.6 Å². The smallest absolute Gasteiger partial charge is 0.225 e. The van der Waals surface area contributed by atoms with Crippen molar-refractivity contribution in [2.24, 2.45) is 4.99 Å². The molecular weight excluding hydrogens is 461 g/mol. The fraction of sp³-hybridized carbons (Fsp3) is 0.240. The van der Waals surface area contributed by atoms with Gasteiger partial charge in [0.1, 0.15) is 17.8 Å². The van der Waals surface area contributed by atoms with Crippen LogP contribution in [0.2, 0.25) is 0 Å². The maximum atomic E-state index is 13.3. The second-order valence-corrected chi connectivity index (χ2v) is 8.70. The Kier molecular flexibility index (Phi) is 6.30. The first kappa shape index (κ1) is 23.4. The summed E-state index contributed by atoms with van der Waals surface area (Å²) >= 11 is 0. The van der Waals surface area contributed by atoms with Crippen molar-refractivity contribution >= 4 is 18.1 Å². The number of halogens is 1. The fourth-order valence-electron chi connectivity index (χ4n) is 4.28. The van der Waals surface area contributed by atoms with Crippen molar-refractivity contribution in [3.8, 4) is 11.1 Å². The van der Waals surface area contributed by atoms with E-state index in [4.69, 9.17) is 5.41 Å². The zero-order valence-corrected chi connectivity index (χ0v) is 19.7. The monoisotopic (exact) mass is 487 g/mol. The van der Waals surface area contributed by atoms with Crippen LogP contribution in [0, 0.1) is 11.2 Å². The number of hydrogen-bond donors (Lipinski definition) is 4. The van der Waals surface area contributed by atoms with Crippen LogP contribution < -0.4 is 4.90 Å². The highest BCUT2D eigenvalue weighted by Crippen LogP contribution is 2.29. The number of rotatable bonds is 6. The molecule has 0 amide bonds. The molecule has 1 fully saturated rings. The summed E-state index contributed by atoms with van der Waals surface area (Å²) in [6, 6.07) is 7.74. The number of aromatic nitrogens is 5. The summed E-state index contributed by atoms with van der Waals surface area (Å²) in [6.45, 7) is 4.32. The molecule has 4 aromatic rings. The van der Waals surface area contributed by atoms with Crippen LogP contribution >= 0.6 is 0 Å². The van der Waals surface area contributed by atoms with E-state index in [-0.39, 0.29) is 5.82 Å². The number of nitrogens with zero attached hydrogens (tertiary/aromatic N) is 6. The highest BCUT2D eigenvalue weighted by atomic mass is 19.1. The highest BCUT2D eigenvalue weighted by molar-refractivity contribution is 6.01. The lowest BCUT2D eigenvalue weighted by Gasteiger charge is -2.36. The minimum Gasteiger partial charge on any atom is -0.381 e. The molecule has 0 aliphatic carbocycles. The lowest BCUT2D eigenvalue weighted by molar-refractivity contribution is 0.101. The van der Waals surface area contributed by atoms with E-state index >= 15 is 0 Å². The Morgan fingerprint density at radius 2 is 1.78 bits per heavy atom. The van der Waals surface area contributed by atoms with Crippen LogP contribution in [0.5, 0.6) is 0 Å². The van der Waals surface area contributed by atoms with E-state index in [1.807, 2.05) is 18.5 Å². The molecule has 3 aromatic heterocycles. The van der Waals surface area contributed by atoms with Crippen molar-refractivity contribution in [3.05, 3.63) is 84.0 Å². The molecule has 10 nitrogen and oxygen atoms in total. The maximum absolute atomic E-state index is 13.3. The van der Waals surface area contributed by atoms with E-state index in [1.165, 1.54) is 12.1 Å². The third kappa shape index (κ3) is 4.60. The quantitative estimate of drug-likeness (QED) is 0.244. The number of piperazine rings is 1. The van der Waals surface area contributed by atoms with Gasteiger partial charge in [-0.15, -0.1) is 0 Å². The van der Waals surface area contributed by atoms with Gasteiger partial charge in [0.15, 0.2) is 5.84 Å². The van der Waals surface area contributed by atoms with Crippen molar-refractivity contribution in [3.63, 3.8) is 0 Å². The number of amidine groups is 1. The van der Waals surface area contributed by atoms with Gasteiger partial charge in [0.25, 0.3) is 0 Å². The van der Waals surface area contributed by atoms with Gasteiger partial charge >= 0.3 is 0 Å². The Hall–Kier alpha value is -4.38. The van der Waals surface area contributed by atoms with E-state index in [0.717, 1.165) is 23.2 Å². The van der Waals surface area contributed by atoms with Gasteiger partial charge in [0.2, 0.25) is 5.95 Å². The molecule has 1 aliphatic heterocycles. The highest BCUT2D eigenvalue weighted by Gasteiger charge is 2.28. The number of H-pyrrole nitrogens is 2. The van der Waals surface area contributed by atoms with Crippen LogP contribution in [0.4, 0.5) is 10.3 Å². The number of aromatic amines is 2. The third-order valence-electron chi connectivity index (χ3n) is 6.41. The molecule has 184 valence electrons. The van der Waals surface area contributed by atoms with Gasteiger partial charge in [-0.1, -0.05) is 12.1 Å². The number of nitrogens with one attached hydrogen (secondary N) is 3. The average Bonchev–Trinajstić information content (AvgIpc) is 3.60. The lowest BCUT2D eigenvalue weighted by Crippen LogP contribution is -2.49. The SMILES string of the molecule is C[C@@](O)(c1ccc(F)cc1)c1cnc(N2CCN(C(=NC=N)c3cc(-c4cn[nH]c4)c[nH]3)CC2)nc1. The normalized spacial score (nSPS) is 16.1. The molecule has 0 radical (unpaired) electrons. The minimum atomic E-state index is -1.34. The Morgan fingerprint density at radius 3 is 2.42 bits per heavy atom. The van der Waals surface area contributed by atoms with Gasteiger partial charge in [-0.2, -0.15) is 5.10 Å². The Morgan fingerprint density at radius 1 is 1.06 bits per heavy atom. The van der Waals surface area contributed by atoms with Gasteiger partial charge in [-0.3, -0.25) is 10.5 Å². The van der Waals surface area contributed by atoms with E-state index < -0.39 is 5.60 Å². The summed E-state index contributed by atoms with van der Waals surface area (Å²) in [5.41, 5.74) is 2.53. The summed E-state index contributed by atoms with van der Waals surface area (Å²) < 4.78 is 13.3. The number of aliphatic hydroxyl groups is 1. The van der Waals surface area contributed by atoms with Crippen molar-refractivity contribution in [1.82, 2.24) is 30.0 Å². The molecule has 1 aromatic carbocycles. The number of aliphatic imine (C=N–C) groups is 1. The summed E-state index contributed by atoms with van der Waals surface area (Å²) in [7, 11) is 0. The Balaban J connectivity index is 1.26. The van der Waals surface area contributed by atoms with Crippen molar-refractivity contribution in [1.29, 1.82) is 5.41 Å². The average molecular weight is 488 g/mol. The molecule has 1 aliphatic rings. The topological polar surface area (TPSA) is 133 Å². The molecule has 5 rings (SSSR count). The van der Waals surface area contributed by atoms with Crippen molar-refractivity contribution in [2.75, 3.05) is 31.1 Å². The lowest BCUT2D eigenvalue weighted by atomic mass is 9.90. The van der Waals surface area contributed by atoms with E-state index in [9.17, 15) is 9.50 Å². The van der Waals surface area contributed by atoms with Crippen molar-refractivity contribution in [2.45, 2.75) is 12.5 Å². The molecule has 36 heavy (non-hydrogen) atoms. The predicted octanol–water partition coefficient (Wildman–Crippen LogP) is 2.77. The largest absolute Gasteiger partial charge is 0.381 e. The zero-order chi connectivity index (χ0) is 25.1. The van der Waals surface area contributed by atoms with Gasteiger partial charge in [-0.05, 0) is 30.7 Å². The van der Waals surface area contributed by atoms with Crippen LogP contribution in [-0.4, -0.2) is 73.5 Å².